The van der Waals surface area contributed by atoms with Crippen LogP contribution in [-0.4, -0.2) is 28.4 Å². The van der Waals surface area contributed by atoms with Crippen LogP contribution in [0.25, 0.3) is 0 Å². The van der Waals surface area contributed by atoms with E-state index in [0.717, 1.165) is 12.0 Å². The van der Waals surface area contributed by atoms with Gasteiger partial charge in [-0.25, -0.2) is 0 Å². The second-order valence-corrected chi connectivity index (χ2v) is 7.79. The number of carboxylic acid groups (broad SMARTS) is 1. The molecule has 136 valence electrons. The third-order valence-corrected chi connectivity index (χ3v) is 4.53. The fraction of sp³-hybridized carbons (Fsp3) is 0.526. The molecular weight excluding hydrogens is 320 g/mol. The summed E-state index contributed by atoms with van der Waals surface area (Å²) < 4.78 is 0. The van der Waals surface area contributed by atoms with E-state index in [9.17, 15) is 14.4 Å². The lowest BCUT2D eigenvalue weighted by Gasteiger charge is -2.41. The number of carbonyl (C=O) groups excluding carboxylic acids is 2. The van der Waals surface area contributed by atoms with E-state index in [1.807, 2.05) is 20.8 Å². The maximum Gasteiger partial charge on any atom is 0.305 e. The molecule has 3 N–H and O–H groups in total. The SMILES string of the molecule is CC(C)(C)C(=O)NCc1ccc(C(=O)NC2(CC(=O)O)CCC2)cc1. The van der Waals surface area contributed by atoms with Gasteiger partial charge >= 0.3 is 5.97 Å². The van der Waals surface area contributed by atoms with Gasteiger partial charge in [-0.05, 0) is 37.0 Å². The Balaban J connectivity index is 1.94. The molecule has 6 nitrogen and oxygen atoms in total. The van der Waals surface area contributed by atoms with E-state index in [-0.39, 0.29) is 18.2 Å². The van der Waals surface area contributed by atoms with Crippen LogP contribution in [-0.2, 0) is 16.1 Å². The topological polar surface area (TPSA) is 95.5 Å². The van der Waals surface area contributed by atoms with Crippen LogP contribution in [0.4, 0.5) is 0 Å². The van der Waals surface area contributed by atoms with Gasteiger partial charge in [0, 0.05) is 17.5 Å². The van der Waals surface area contributed by atoms with E-state index in [1.165, 1.54) is 0 Å². The number of carbonyl (C=O) groups is 3. The third kappa shape index (κ3) is 5.05. The first-order valence-corrected chi connectivity index (χ1v) is 8.53. The summed E-state index contributed by atoms with van der Waals surface area (Å²) in [5, 5.41) is 14.7. The highest BCUT2D eigenvalue weighted by Crippen LogP contribution is 2.35. The van der Waals surface area contributed by atoms with Crippen LogP contribution in [0.15, 0.2) is 24.3 Å². The standard InChI is InChI=1S/C19H26N2O4/c1-18(2,3)17(25)20-12-13-5-7-14(8-6-13)16(24)21-19(9-4-10-19)11-15(22)23/h5-8H,4,9-12H2,1-3H3,(H,20,25)(H,21,24)(H,22,23). The molecule has 1 aromatic carbocycles. The molecule has 2 rings (SSSR count). The summed E-state index contributed by atoms with van der Waals surface area (Å²) in [7, 11) is 0. The maximum absolute atomic E-state index is 12.4. The molecule has 0 atom stereocenters. The molecule has 6 heteroatoms. The molecule has 2 amide bonds. The Kier molecular flexibility index (Phi) is 5.50. The Morgan fingerprint density at radius 2 is 1.72 bits per heavy atom. The number of aliphatic carboxylic acids is 1. The maximum atomic E-state index is 12.4. The first kappa shape index (κ1) is 19.0. The van der Waals surface area contributed by atoms with Crippen molar-refractivity contribution in [3.05, 3.63) is 35.4 Å². The molecule has 0 spiro atoms. The Morgan fingerprint density at radius 3 is 2.16 bits per heavy atom. The number of nitrogens with one attached hydrogen (secondary N) is 2. The summed E-state index contributed by atoms with van der Waals surface area (Å²) >= 11 is 0. The molecule has 1 aromatic rings. The largest absolute Gasteiger partial charge is 0.481 e. The quantitative estimate of drug-likeness (QED) is 0.737. The number of rotatable bonds is 6. The Morgan fingerprint density at radius 1 is 1.12 bits per heavy atom. The lowest BCUT2D eigenvalue weighted by Crippen LogP contribution is -2.54. The molecule has 1 saturated carbocycles. The molecule has 0 radical (unpaired) electrons. The van der Waals surface area contributed by atoms with Gasteiger partial charge in [0.1, 0.15) is 0 Å². The molecular formula is C19H26N2O4. The third-order valence-electron chi connectivity index (χ3n) is 4.53. The monoisotopic (exact) mass is 346 g/mol. The van der Waals surface area contributed by atoms with Crippen molar-refractivity contribution >= 4 is 17.8 Å². The van der Waals surface area contributed by atoms with Gasteiger partial charge in [0.25, 0.3) is 5.91 Å². The minimum atomic E-state index is -0.898. The van der Waals surface area contributed by atoms with Crippen LogP contribution in [0.1, 0.15) is 62.4 Å². The average Bonchev–Trinajstić information content (AvgIpc) is 2.49. The summed E-state index contributed by atoms with van der Waals surface area (Å²) in [6.07, 6.45) is 2.28. The normalized spacial score (nSPS) is 15.8. The summed E-state index contributed by atoms with van der Waals surface area (Å²) in [6, 6.07) is 6.98. The Labute approximate surface area is 148 Å². The van der Waals surface area contributed by atoms with Gasteiger partial charge in [-0.2, -0.15) is 0 Å². The van der Waals surface area contributed by atoms with E-state index in [0.29, 0.717) is 24.9 Å². The second kappa shape index (κ2) is 7.25. The first-order valence-electron chi connectivity index (χ1n) is 8.53. The van der Waals surface area contributed by atoms with Crippen molar-refractivity contribution in [1.29, 1.82) is 0 Å². The van der Waals surface area contributed by atoms with Gasteiger partial charge < -0.3 is 15.7 Å². The number of hydrogen-bond acceptors (Lipinski definition) is 3. The predicted octanol–water partition coefficient (Wildman–Crippen LogP) is 2.48. The van der Waals surface area contributed by atoms with E-state index in [2.05, 4.69) is 10.6 Å². The molecule has 1 fully saturated rings. The number of carboxylic acids is 1. The van der Waals surface area contributed by atoms with Crippen LogP contribution in [0.2, 0.25) is 0 Å². The number of benzene rings is 1. The first-order chi connectivity index (χ1) is 11.6. The van der Waals surface area contributed by atoms with Gasteiger partial charge in [-0.3, -0.25) is 14.4 Å². The highest BCUT2D eigenvalue weighted by Gasteiger charge is 2.40. The molecule has 25 heavy (non-hydrogen) atoms. The predicted molar refractivity (Wildman–Crippen MR) is 94.0 cm³/mol. The molecule has 0 aromatic heterocycles. The minimum Gasteiger partial charge on any atom is -0.481 e. The summed E-state index contributed by atoms with van der Waals surface area (Å²) in [6.45, 7) is 5.95. The van der Waals surface area contributed by atoms with E-state index >= 15 is 0 Å². The van der Waals surface area contributed by atoms with Gasteiger partial charge in [0.2, 0.25) is 5.91 Å². The van der Waals surface area contributed by atoms with Crippen molar-refractivity contribution < 1.29 is 19.5 Å². The zero-order valence-corrected chi connectivity index (χ0v) is 15.0. The van der Waals surface area contributed by atoms with Gasteiger partial charge in [-0.15, -0.1) is 0 Å². The lowest BCUT2D eigenvalue weighted by molar-refractivity contribution is -0.139. The zero-order chi connectivity index (χ0) is 18.7. The van der Waals surface area contributed by atoms with E-state index in [1.54, 1.807) is 24.3 Å². The highest BCUT2D eigenvalue weighted by atomic mass is 16.4. The number of hydrogen-bond donors (Lipinski definition) is 3. The smallest absolute Gasteiger partial charge is 0.305 e. The molecule has 1 aliphatic rings. The van der Waals surface area contributed by atoms with Gasteiger partial charge in [0.05, 0.1) is 12.0 Å². The van der Waals surface area contributed by atoms with Crippen molar-refractivity contribution in [2.45, 2.75) is 58.5 Å². The van der Waals surface area contributed by atoms with Crippen LogP contribution in [0.3, 0.4) is 0 Å². The van der Waals surface area contributed by atoms with Crippen molar-refractivity contribution in [3.8, 4) is 0 Å². The Hall–Kier alpha value is -2.37. The molecule has 0 aliphatic heterocycles. The molecule has 0 unspecified atom stereocenters. The van der Waals surface area contributed by atoms with E-state index < -0.39 is 16.9 Å². The lowest BCUT2D eigenvalue weighted by atomic mass is 9.74. The van der Waals surface area contributed by atoms with Crippen LogP contribution in [0.5, 0.6) is 0 Å². The summed E-state index contributed by atoms with van der Waals surface area (Å²) in [5.41, 5.74) is 0.337. The van der Waals surface area contributed by atoms with Crippen LogP contribution >= 0.6 is 0 Å². The molecule has 1 aliphatic carbocycles. The summed E-state index contributed by atoms with van der Waals surface area (Å²) in [4.78, 5) is 35.2. The highest BCUT2D eigenvalue weighted by molar-refractivity contribution is 5.95. The minimum absolute atomic E-state index is 0.0325. The van der Waals surface area contributed by atoms with Crippen molar-refractivity contribution in [2.75, 3.05) is 0 Å². The zero-order valence-electron chi connectivity index (χ0n) is 15.0. The van der Waals surface area contributed by atoms with Gasteiger partial charge in [0.15, 0.2) is 0 Å². The van der Waals surface area contributed by atoms with Crippen molar-refractivity contribution in [1.82, 2.24) is 10.6 Å². The number of amides is 2. The van der Waals surface area contributed by atoms with Crippen molar-refractivity contribution in [3.63, 3.8) is 0 Å². The van der Waals surface area contributed by atoms with Crippen molar-refractivity contribution in [2.24, 2.45) is 5.41 Å². The van der Waals surface area contributed by atoms with Gasteiger partial charge in [-0.1, -0.05) is 32.9 Å². The molecule has 0 saturated heterocycles. The van der Waals surface area contributed by atoms with E-state index in [4.69, 9.17) is 5.11 Å². The fourth-order valence-corrected chi connectivity index (χ4v) is 2.77. The fourth-order valence-electron chi connectivity index (χ4n) is 2.77. The molecule has 0 heterocycles. The van der Waals surface area contributed by atoms with Crippen LogP contribution < -0.4 is 10.6 Å². The second-order valence-electron chi connectivity index (χ2n) is 7.79. The van der Waals surface area contributed by atoms with Crippen LogP contribution in [0, 0.1) is 5.41 Å². The Bertz CT molecular complexity index is 655. The molecule has 0 bridgehead atoms. The average molecular weight is 346 g/mol. The summed E-state index contributed by atoms with van der Waals surface area (Å²) in [5.74, 6) is -1.19.